The molecule has 0 saturated carbocycles. The van der Waals surface area contributed by atoms with Crippen LogP contribution < -0.4 is 15.4 Å². The topological polar surface area (TPSA) is 70.6 Å². The van der Waals surface area contributed by atoms with E-state index in [2.05, 4.69) is 10.6 Å². The van der Waals surface area contributed by atoms with Crippen LogP contribution in [0.25, 0.3) is 0 Å². The summed E-state index contributed by atoms with van der Waals surface area (Å²) in [5.41, 5.74) is 0.214. The smallest absolute Gasteiger partial charge is 0.240 e. The van der Waals surface area contributed by atoms with Gasteiger partial charge in [-0.15, -0.1) is 0 Å². The normalized spacial score (nSPS) is 22.7. The molecule has 1 heterocycles. The van der Waals surface area contributed by atoms with Crippen LogP contribution in [-0.4, -0.2) is 35.7 Å². The Kier molecular flexibility index (Phi) is 6.02. The SMILES string of the molecule is CC(C)Oc1cccc(C(O)CNC(=O)C2(C)CCCCN2)c1. The molecule has 5 heteroatoms. The van der Waals surface area contributed by atoms with Crippen LogP contribution in [0.15, 0.2) is 24.3 Å². The lowest BCUT2D eigenvalue weighted by atomic mass is 9.90. The van der Waals surface area contributed by atoms with Crippen molar-refractivity contribution in [3.05, 3.63) is 29.8 Å². The van der Waals surface area contributed by atoms with E-state index in [0.717, 1.165) is 37.1 Å². The van der Waals surface area contributed by atoms with Gasteiger partial charge in [-0.05, 0) is 64.3 Å². The summed E-state index contributed by atoms with van der Waals surface area (Å²) in [6.07, 6.45) is 2.32. The summed E-state index contributed by atoms with van der Waals surface area (Å²) in [5.74, 6) is 0.676. The van der Waals surface area contributed by atoms with Gasteiger partial charge in [-0.3, -0.25) is 4.79 Å². The zero-order valence-electron chi connectivity index (χ0n) is 14.3. The maximum absolute atomic E-state index is 12.4. The molecule has 0 aliphatic carbocycles. The molecule has 23 heavy (non-hydrogen) atoms. The van der Waals surface area contributed by atoms with E-state index in [4.69, 9.17) is 4.74 Å². The zero-order chi connectivity index (χ0) is 16.9. The van der Waals surface area contributed by atoms with Gasteiger partial charge in [0.15, 0.2) is 0 Å². The van der Waals surface area contributed by atoms with Crippen LogP contribution in [0, 0.1) is 0 Å². The number of hydrogen-bond donors (Lipinski definition) is 3. The Bertz CT molecular complexity index is 525. The van der Waals surface area contributed by atoms with E-state index in [1.807, 2.05) is 45.0 Å². The first-order valence-electron chi connectivity index (χ1n) is 8.39. The van der Waals surface area contributed by atoms with Crippen molar-refractivity contribution in [3.63, 3.8) is 0 Å². The minimum absolute atomic E-state index is 0.0502. The van der Waals surface area contributed by atoms with Gasteiger partial charge in [-0.25, -0.2) is 0 Å². The molecule has 0 bridgehead atoms. The van der Waals surface area contributed by atoms with E-state index in [9.17, 15) is 9.90 Å². The van der Waals surface area contributed by atoms with Gasteiger partial charge in [0.25, 0.3) is 0 Å². The van der Waals surface area contributed by atoms with Gasteiger partial charge in [-0.1, -0.05) is 12.1 Å². The van der Waals surface area contributed by atoms with Gasteiger partial charge in [0.05, 0.1) is 17.7 Å². The van der Waals surface area contributed by atoms with Gasteiger partial charge >= 0.3 is 0 Å². The summed E-state index contributed by atoms with van der Waals surface area (Å²) in [6, 6.07) is 7.37. The monoisotopic (exact) mass is 320 g/mol. The fourth-order valence-electron chi connectivity index (χ4n) is 2.82. The third kappa shape index (κ3) is 4.94. The molecular formula is C18H28N2O3. The van der Waals surface area contributed by atoms with Crippen molar-refractivity contribution in [3.8, 4) is 5.75 Å². The predicted molar refractivity (Wildman–Crippen MR) is 90.4 cm³/mol. The van der Waals surface area contributed by atoms with Gasteiger partial charge in [0.2, 0.25) is 5.91 Å². The molecule has 1 saturated heterocycles. The van der Waals surface area contributed by atoms with Crippen molar-refractivity contribution >= 4 is 5.91 Å². The quantitative estimate of drug-likeness (QED) is 0.751. The van der Waals surface area contributed by atoms with Crippen molar-refractivity contribution in [2.75, 3.05) is 13.1 Å². The third-order valence-electron chi connectivity index (χ3n) is 4.19. The van der Waals surface area contributed by atoms with Gasteiger partial charge < -0.3 is 20.5 Å². The minimum Gasteiger partial charge on any atom is -0.491 e. The van der Waals surface area contributed by atoms with Crippen LogP contribution in [0.2, 0.25) is 0 Å². The molecule has 1 amide bonds. The number of amides is 1. The fourth-order valence-corrected chi connectivity index (χ4v) is 2.82. The van der Waals surface area contributed by atoms with Crippen LogP contribution in [0.1, 0.15) is 51.7 Å². The lowest BCUT2D eigenvalue weighted by Gasteiger charge is -2.33. The molecule has 0 spiro atoms. The highest BCUT2D eigenvalue weighted by atomic mass is 16.5. The Hall–Kier alpha value is -1.59. The third-order valence-corrected chi connectivity index (χ3v) is 4.19. The summed E-state index contributed by atoms with van der Waals surface area (Å²) >= 11 is 0. The second-order valence-corrected chi connectivity index (χ2v) is 6.68. The van der Waals surface area contributed by atoms with Crippen LogP contribution in [-0.2, 0) is 4.79 Å². The van der Waals surface area contributed by atoms with Crippen molar-refractivity contribution in [1.82, 2.24) is 10.6 Å². The molecule has 0 aromatic heterocycles. The van der Waals surface area contributed by atoms with E-state index in [-0.39, 0.29) is 18.6 Å². The number of ether oxygens (including phenoxy) is 1. The van der Waals surface area contributed by atoms with E-state index < -0.39 is 11.6 Å². The van der Waals surface area contributed by atoms with E-state index in [0.29, 0.717) is 0 Å². The Labute approximate surface area is 138 Å². The highest BCUT2D eigenvalue weighted by Gasteiger charge is 2.34. The number of benzene rings is 1. The second-order valence-electron chi connectivity index (χ2n) is 6.68. The van der Waals surface area contributed by atoms with Crippen molar-refractivity contribution in [2.24, 2.45) is 0 Å². The van der Waals surface area contributed by atoms with Crippen LogP contribution in [0.3, 0.4) is 0 Å². The number of piperidine rings is 1. The largest absolute Gasteiger partial charge is 0.491 e. The summed E-state index contributed by atoms with van der Waals surface area (Å²) in [4.78, 5) is 12.4. The summed E-state index contributed by atoms with van der Waals surface area (Å²) in [6.45, 7) is 6.90. The standard InChI is InChI=1S/C18H28N2O3/c1-13(2)23-15-8-6-7-14(11-15)16(21)12-19-17(22)18(3)9-4-5-10-20-18/h6-8,11,13,16,20-21H,4-5,9-10,12H2,1-3H3,(H,19,22). The highest BCUT2D eigenvalue weighted by molar-refractivity contribution is 5.86. The summed E-state index contributed by atoms with van der Waals surface area (Å²) < 4.78 is 5.63. The van der Waals surface area contributed by atoms with E-state index in [1.165, 1.54) is 0 Å². The Balaban J connectivity index is 1.91. The average molecular weight is 320 g/mol. The number of carbonyl (C=O) groups is 1. The predicted octanol–water partition coefficient (Wildman–Crippen LogP) is 2.16. The number of aliphatic hydroxyl groups excluding tert-OH is 1. The zero-order valence-corrected chi connectivity index (χ0v) is 14.3. The Morgan fingerprint density at radius 2 is 2.22 bits per heavy atom. The molecule has 2 atom stereocenters. The molecule has 1 fully saturated rings. The molecule has 1 aliphatic rings. The number of carbonyl (C=O) groups excluding carboxylic acids is 1. The molecule has 3 N–H and O–H groups in total. The van der Waals surface area contributed by atoms with Gasteiger partial charge in [0.1, 0.15) is 5.75 Å². The first kappa shape index (κ1) is 17.8. The molecule has 1 aromatic rings. The minimum atomic E-state index is -0.748. The van der Waals surface area contributed by atoms with Gasteiger partial charge in [0, 0.05) is 6.54 Å². The first-order chi connectivity index (χ1) is 10.9. The molecule has 2 rings (SSSR count). The number of aliphatic hydroxyl groups is 1. The van der Waals surface area contributed by atoms with Crippen LogP contribution in [0.4, 0.5) is 0 Å². The van der Waals surface area contributed by atoms with Crippen molar-refractivity contribution in [1.29, 1.82) is 0 Å². The molecule has 1 aliphatic heterocycles. The molecule has 2 unspecified atom stereocenters. The highest BCUT2D eigenvalue weighted by Crippen LogP contribution is 2.21. The lowest BCUT2D eigenvalue weighted by Crippen LogP contribution is -2.57. The van der Waals surface area contributed by atoms with Gasteiger partial charge in [-0.2, -0.15) is 0 Å². The van der Waals surface area contributed by atoms with Crippen LogP contribution >= 0.6 is 0 Å². The number of rotatable bonds is 6. The van der Waals surface area contributed by atoms with E-state index in [1.54, 1.807) is 0 Å². The lowest BCUT2D eigenvalue weighted by molar-refractivity contribution is -0.128. The average Bonchev–Trinajstić information content (AvgIpc) is 2.52. The fraction of sp³-hybridized carbons (Fsp3) is 0.611. The Morgan fingerprint density at radius 3 is 2.87 bits per heavy atom. The summed E-state index contributed by atoms with van der Waals surface area (Å²) in [5, 5.41) is 16.5. The first-order valence-corrected chi connectivity index (χ1v) is 8.39. The summed E-state index contributed by atoms with van der Waals surface area (Å²) in [7, 11) is 0. The van der Waals surface area contributed by atoms with Crippen LogP contribution in [0.5, 0.6) is 5.75 Å². The van der Waals surface area contributed by atoms with E-state index >= 15 is 0 Å². The van der Waals surface area contributed by atoms with Crippen molar-refractivity contribution < 1.29 is 14.6 Å². The van der Waals surface area contributed by atoms with Crippen molar-refractivity contribution in [2.45, 2.75) is 57.8 Å². The number of hydrogen-bond acceptors (Lipinski definition) is 4. The number of nitrogens with one attached hydrogen (secondary N) is 2. The maximum atomic E-state index is 12.4. The molecule has 0 radical (unpaired) electrons. The molecule has 5 nitrogen and oxygen atoms in total. The Morgan fingerprint density at radius 1 is 1.43 bits per heavy atom. The maximum Gasteiger partial charge on any atom is 0.240 e. The molecule has 1 aromatic carbocycles. The molecular weight excluding hydrogens is 292 g/mol. The molecule has 128 valence electrons. The second kappa shape index (κ2) is 7.79.